The van der Waals surface area contributed by atoms with Gasteiger partial charge in [0.15, 0.2) is 5.82 Å². The van der Waals surface area contributed by atoms with E-state index in [0.717, 1.165) is 48.6 Å². The lowest BCUT2D eigenvalue weighted by Crippen LogP contribution is -2.43. The van der Waals surface area contributed by atoms with Crippen LogP contribution in [0.4, 0.5) is 11.4 Å². The van der Waals surface area contributed by atoms with Gasteiger partial charge in [-0.2, -0.15) is 0 Å². The molecule has 6 nitrogen and oxygen atoms in total. The van der Waals surface area contributed by atoms with Gasteiger partial charge in [-0.25, -0.2) is 9.97 Å². The minimum atomic E-state index is -0.135. The Labute approximate surface area is 164 Å². The summed E-state index contributed by atoms with van der Waals surface area (Å²) in [5.74, 6) is 0.0900. The van der Waals surface area contributed by atoms with Crippen LogP contribution in [0.1, 0.15) is 16.2 Å². The maximum atomic E-state index is 12.7. The van der Waals surface area contributed by atoms with Gasteiger partial charge in [0.05, 0.1) is 18.1 Å². The first-order chi connectivity index (χ1) is 13.7. The first-order valence-corrected chi connectivity index (χ1v) is 9.45. The fourth-order valence-electron chi connectivity index (χ4n) is 3.37. The van der Waals surface area contributed by atoms with E-state index in [1.165, 1.54) is 0 Å². The molecule has 0 saturated carbocycles. The second kappa shape index (κ2) is 8.19. The van der Waals surface area contributed by atoms with E-state index in [1.807, 2.05) is 48.5 Å². The summed E-state index contributed by atoms with van der Waals surface area (Å²) in [6.45, 7) is 3.72. The molecule has 0 bridgehead atoms. The van der Waals surface area contributed by atoms with Gasteiger partial charge in [0.1, 0.15) is 0 Å². The fourth-order valence-corrected chi connectivity index (χ4v) is 3.37. The molecule has 1 saturated heterocycles. The molecule has 1 aromatic heterocycles. The Kier molecular flexibility index (Phi) is 5.30. The fraction of sp³-hybridized carbons (Fsp3) is 0.227. The van der Waals surface area contributed by atoms with Crippen molar-refractivity contribution in [2.24, 2.45) is 0 Å². The predicted octanol–water partition coefficient (Wildman–Crippen LogP) is 2.56. The summed E-state index contributed by atoms with van der Waals surface area (Å²) < 4.78 is 0. The number of nitrogen functional groups attached to an aromatic ring is 1. The summed E-state index contributed by atoms with van der Waals surface area (Å²) in [5, 5.41) is 3.31. The van der Waals surface area contributed by atoms with Gasteiger partial charge < -0.3 is 16.0 Å². The van der Waals surface area contributed by atoms with Crippen LogP contribution < -0.4 is 16.0 Å². The van der Waals surface area contributed by atoms with E-state index in [9.17, 15) is 4.79 Å². The number of hydrogen-bond donors (Lipinski definition) is 2. The van der Waals surface area contributed by atoms with Gasteiger partial charge in [-0.1, -0.05) is 36.4 Å². The third-order valence-corrected chi connectivity index (χ3v) is 4.97. The van der Waals surface area contributed by atoms with Gasteiger partial charge in [0.2, 0.25) is 5.78 Å². The molecule has 0 amide bonds. The Morgan fingerprint density at radius 3 is 2.43 bits per heavy atom. The zero-order valence-corrected chi connectivity index (χ0v) is 15.6. The zero-order valence-electron chi connectivity index (χ0n) is 15.6. The van der Waals surface area contributed by atoms with Crippen LogP contribution in [0.5, 0.6) is 0 Å². The van der Waals surface area contributed by atoms with E-state index in [4.69, 9.17) is 5.73 Å². The van der Waals surface area contributed by atoms with E-state index in [2.05, 4.69) is 20.2 Å². The molecule has 3 N–H and O–H groups in total. The summed E-state index contributed by atoms with van der Waals surface area (Å²) >= 11 is 0. The van der Waals surface area contributed by atoms with Crippen LogP contribution in [0.3, 0.4) is 0 Å². The number of carbonyl (C=O) groups excluding carboxylic acids is 1. The van der Waals surface area contributed by atoms with Gasteiger partial charge in [0.25, 0.3) is 0 Å². The Morgan fingerprint density at radius 1 is 1.00 bits per heavy atom. The van der Waals surface area contributed by atoms with Crippen molar-refractivity contribution in [1.82, 2.24) is 15.3 Å². The van der Waals surface area contributed by atoms with Crippen molar-refractivity contribution in [2.75, 3.05) is 36.8 Å². The first kappa shape index (κ1) is 18.1. The lowest BCUT2D eigenvalue weighted by atomic mass is 9.99. The van der Waals surface area contributed by atoms with Gasteiger partial charge in [-0.05, 0) is 28.8 Å². The molecule has 2 aromatic carbocycles. The Morgan fingerprint density at radius 2 is 1.71 bits per heavy atom. The summed E-state index contributed by atoms with van der Waals surface area (Å²) in [6.07, 6.45) is 3.64. The molecule has 142 valence electrons. The average Bonchev–Trinajstić information content (AvgIpc) is 2.76. The number of nitrogens with zero attached hydrogens (tertiary/aromatic N) is 3. The molecule has 0 radical (unpaired) electrons. The third-order valence-electron chi connectivity index (χ3n) is 4.97. The molecule has 1 aliphatic rings. The standard InChI is InChI=1S/C22H23N5O/c23-20-7-6-17(16-4-2-1-3-5-16)12-18(20)13-21(28)22-25-14-19(15-26-22)27-10-8-24-9-11-27/h1-7,12,14-15,24H,8-11,13,23H2. The van der Waals surface area contributed by atoms with Crippen molar-refractivity contribution in [3.8, 4) is 11.1 Å². The van der Waals surface area contributed by atoms with Crippen molar-refractivity contribution in [1.29, 1.82) is 0 Å². The second-order valence-corrected chi connectivity index (χ2v) is 6.88. The molecule has 2 heterocycles. The molecular weight excluding hydrogens is 350 g/mol. The smallest absolute Gasteiger partial charge is 0.204 e. The Balaban J connectivity index is 1.50. The monoisotopic (exact) mass is 373 g/mol. The summed E-state index contributed by atoms with van der Waals surface area (Å²) in [4.78, 5) is 23.5. The largest absolute Gasteiger partial charge is 0.398 e. The number of anilines is 2. The molecule has 6 heteroatoms. The normalized spacial score (nSPS) is 14.1. The van der Waals surface area contributed by atoms with E-state index < -0.39 is 0 Å². The van der Waals surface area contributed by atoms with Gasteiger partial charge >= 0.3 is 0 Å². The lowest BCUT2D eigenvalue weighted by molar-refractivity contribution is 0.0983. The molecule has 1 aliphatic heterocycles. The van der Waals surface area contributed by atoms with E-state index in [0.29, 0.717) is 5.69 Å². The number of carbonyl (C=O) groups is 1. The van der Waals surface area contributed by atoms with Crippen LogP contribution in [0, 0.1) is 0 Å². The quantitative estimate of drug-likeness (QED) is 0.528. The zero-order chi connectivity index (χ0) is 19.3. The molecular formula is C22H23N5O. The summed E-state index contributed by atoms with van der Waals surface area (Å²) in [6, 6.07) is 15.8. The van der Waals surface area contributed by atoms with Gasteiger partial charge in [-0.15, -0.1) is 0 Å². The highest BCUT2D eigenvalue weighted by atomic mass is 16.1. The van der Waals surface area contributed by atoms with Crippen molar-refractivity contribution < 1.29 is 4.79 Å². The number of benzene rings is 2. The Bertz CT molecular complexity index is 950. The number of piperazine rings is 1. The number of nitrogens with one attached hydrogen (secondary N) is 1. The minimum Gasteiger partial charge on any atom is -0.398 e. The van der Waals surface area contributed by atoms with Gasteiger partial charge in [0, 0.05) is 38.3 Å². The highest BCUT2D eigenvalue weighted by molar-refractivity contribution is 5.95. The molecule has 28 heavy (non-hydrogen) atoms. The lowest BCUT2D eigenvalue weighted by Gasteiger charge is -2.28. The molecule has 3 aromatic rings. The van der Waals surface area contributed by atoms with Crippen LogP contribution >= 0.6 is 0 Å². The number of aromatic nitrogens is 2. The van der Waals surface area contributed by atoms with Crippen LogP contribution in [0.15, 0.2) is 60.9 Å². The molecule has 0 aliphatic carbocycles. The maximum Gasteiger partial charge on any atom is 0.204 e. The summed E-state index contributed by atoms with van der Waals surface area (Å²) in [5.41, 5.74) is 10.6. The van der Waals surface area contributed by atoms with Crippen LogP contribution in [-0.2, 0) is 6.42 Å². The highest BCUT2D eigenvalue weighted by Gasteiger charge is 2.15. The third kappa shape index (κ3) is 4.02. The number of Topliss-reactive ketones (excluding diaryl/α,β-unsaturated/α-hetero) is 1. The maximum absolute atomic E-state index is 12.7. The van der Waals surface area contributed by atoms with Crippen molar-refractivity contribution in [2.45, 2.75) is 6.42 Å². The Hall–Kier alpha value is -3.25. The number of hydrogen-bond acceptors (Lipinski definition) is 6. The number of ketones is 1. The van der Waals surface area contributed by atoms with Crippen LogP contribution in [0.25, 0.3) is 11.1 Å². The van der Waals surface area contributed by atoms with Crippen molar-refractivity contribution >= 4 is 17.2 Å². The molecule has 1 fully saturated rings. The molecule has 0 atom stereocenters. The molecule has 0 unspecified atom stereocenters. The first-order valence-electron chi connectivity index (χ1n) is 9.45. The molecule has 0 spiro atoms. The average molecular weight is 373 g/mol. The van der Waals surface area contributed by atoms with E-state index in [-0.39, 0.29) is 18.0 Å². The van der Waals surface area contributed by atoms with E-state index in [1.54, 1.807) is 12.4 Å². The van der Waals surface area contributed by atoms with Crippen molar-refractivity contribution in [3.63, 3.8) is 0 Å². The second-order valence-electron chi connectivity index (χ2n) is 6.88. The van der Waals surface area contributed by atoms with Crippen molar-refractivity contribution in [3.05, 3.63) is 72.3 Å². The van der Waals surface area contributed by atoms with Crippen LogP contribution in [-0.4, -0.2) is 41.9 Å². The summed E-state index contributed by atoms with van der Waals surface area (Å²) in [7, 11) is 0. The predicted molar refractivity (Wildman–Crippen MR) is 111 cm³/mol. The topological polar surface area (TPSA) is 84.1 Å². The van der Waals surface area contributed by atoms with Crippen LogP contribution in [0.2, 0.25) is 0 Å². The van der Waals surface area contributed by atoms with E-state index >= 15 is 0 Å². The number of nitrogens with two attached hydrogens (primary N) is 1. The van der Waals surface area contributed by atoms with Gasteiger partial charge in [-0.3, -0.25) is 4.79 Å². The number of rotatable bonds is 5. The minimum absolute atomic E-state index is 0.135. The molecule has 4 rings (SSSR count). The highest BCUT2D eigenvalue weighted by Crippen LogP contribution is 2.24. The SMILES string of the molecule is Nc1ccc(-c2ccccc2)cc1CC(=O)c1ncc(N2CCNCC2)cn1.